The second-order valence-electron chi connectivity index (χ2n) is 4.48. The zero-order valence-electron chi connectivity index (χ0n) is 10.1. The number of ether oxygens (including phenoxy) is 1. The van der Waals surface area contributed by atoms with Crippen molar-refractivity contribution in [2.75, 3.05) is 13.2 Å². The van der Waals surface area contributed by atoms with Crippen molar-refractivity contribution in [3.63, 3.8) is 0 Å². The van der Waals surface area contributed by atoms with Crippen molar-refractivity contribution in [2.45, 2.75) is 38.6 Å². The van der Waals surface area contributed by atoms with Gasteiger partial charge in [0.05, 0.1) is 13.2 Å². The zero-order chi connectivity index (χ0) is 11.2. The third kappa shape index (κ3) is 2.99. The second kappa shape index (κ2) is 5.90. The number of rotatable bonds is 3. The monoisotopic (exact) mass is 220 g/mol. The number of hydrogen-bond acceptors (Lipinski definition) is 1. The highest BCUT2D eigenvalue weighted by Gasteiger charge is 2.16. The molecule has 0 amide bonds. The Bertz CT molecular complexity index is 299. The van der Waals surface area contributed by atoms with Gasteiger partial charge in [-0.3, -0.25) is 0 Å². The summed E-state index contributed by atoms with van der Waals surface area (Å²) in [5.74, 6) is 0.986. The summed E-state index contributed by atoms with van der Waals surface area (Å²) in [6, 6.07) is 9.29. The van der Waals surface area contributed by atoms with Crippen molar-refractivity contribution in [2.24, 2.45) is 0 Å². The van der Waals surface area contributed by atoms with Crippen LogP contribution < -0.4 is 10.1 Å². The SMILES string of the molecule is CCOc1ccc([C@H]2CCCCC[NH2+]2)cc1. The van der Waals surface area contributed by atoms with E-state index >= 15 is 0 Å². The Hall–Kier alpha value is -1.02. The van der Waals surface area contributed by atoms with Crippen LogP contribution in [0.1, 0.15) is 44.2 Å². The minimum atomic E-state index is 0.665. The fraction of sp³-hybridized carbons (Fsp3) is 0.571. The first kappa shape index (κ1) is 11.5. The Morgan fingerprint density at radius 3 is 2.75 bits per heavy atom. The van der Waals surface area contributed by atoms with Gasteiger partial charge in [-0.05, 0) is 50.5 Å². The summed E-state index contributed by atoms with van der Waals surface area (Å²) in [6.07, 6.45) is 5.44. The summed E-state index contributed by atoms with van der Waals surface area (Å²) in [5, 5.41) is 2.49. The van der Waals surface area contributed by atoms with Crippen LogP contribution in [0, 0.1) is 0 Å². The maximum Gasteiger partial charge on any atom is 0.119 e. The van der Waals surface area contributed by atoms with Crippen molar-refractivity contribution in [3.8, 4) is 5.75 Å². The van der Waals surface area contributed by atoms with E-state index in [4.69, 9.17) is 4.74 Å². The summed E-state index contributed by atoms with van der Waals surface area (Å²) < 4.78 is 5.46. The topological polar surface area (TPSA) is 25.8 Å². The lowest BCUT2D eigenvalue weighted by Gasteiger charge is -2.13. The average Bonchev–Trinajstić information content (AvgIpc) is 2.59. The van der Waals surface area contributed by atoms with E-state index in [1.165, 1.54) is 37.8 Å². The third-order valence-corrected chi connectivity index (χ3v) is 3.29. The van der Waals surface area contributed by atoms with Crippen LogP contribution in [0.5, 0.6) is 5.75 Å². The predicted molar refractivity (Wildman–Crippen MR) is 65.6 cm³/mol. The van der Waals surface area contributed by atoms with Crippen LogP contribution in [0.15, 0.2) is 24.3 Å². The first-order valence-corrected chi connectivity index (χ1v) is 6.46. The number of benzene rings is 1. The second-order valence-corrected chi connectivity index (χ2v) is 4.48. The van der Waals surface area contributed by atoms with Crippen molar-refractivity contribution in [1.29, 1.82) is 0 Å². The molecule has 0 unspecified atom stereocenters. The van der Waals surface area contributed by atoms with Crippen LogP contribution in [0.2, 0.25) is 0 Å². The molecule has 0 radical (unpaired) electrons. The normalized spacial score (nSPS) is 21.4. The van der Waals surface area contributed by atoms with Gasteiger partial charge in [0.1, 0.15) is 11.8 Å². The van der Waals surface area contributed by atoms with E-state index in [-0.39, 0.29) is 0 Å². The molecular weight excluding hydrogens is 198 g/mol. The van der Waals surface area contributed by atoms with E-state index < -0.39 is 0 Å². The molecule has 2 rings (SSSR count). The molecule has 0 bridgehead atoms. The lowest BCUT2D eigenvalue weighted by molar-refractivity contribution is -0.694. The van der Waals surface area contributed by atoms with Crippen LogP contribution in [0.4, 0.5) is 0 Å². The van der Waals surface area contributed by atoms with Crippen molar-refractivity contribution < 1.29 is 10.1 Å². The van der Waals surface area contributed by atoms with Crippen molar-refractivity contribution in [1.82, 2.24) is 0 Å². The fourth-order valence-corrected chi connectivity index (χ4v) is 2.40. The standard InChI is InChI=1S/C14H21NO/c1-2-16-13-9-7-12(8-10-13)14-6-4-3-5-11-15-14/h7-10,14-15H,2-6,11H2,1H3/p+1/t14-/m1/s1. The van der Waals surface area contributed by atoms with E-state index in [9.17, 15) is 0 Å². The molecule has 16 heavy (non-hydrogen) atoms. The summed E-state index contributed by atoms with van der Waals surface area (Å²) in [6.45, 7) is 4.04. The van der Waals surface area contributed by atoms with E-state index in [0.29, 0.717) is 6.04 Å². The summed E-state index contributed by atoms with van der Waals surface area (Å²) in [4.78, 5) is 0. The molecule has 0 saturated carbocycles. The molecule has 1 saturated heterocycles. The minimum absolute atomic E-state index is 0.665. The van der Waals surface area contributed by atoms with Gasteiger partial charge in [-0.2, -0.15) is 0 Å². The third-order valence-electron chi connectivity index (χ3n) is 3.29. The zero-order valence-corrected chi connectivity index (χ0v) is 10.1. The smallest absolute Gasteiger partial charge is 0.119 e. The molecule has 1 atom stereocenters. The van der Waals surface area contributed by atoms with Crippen LogP contribution in [0.25, 0.3) is 0 Å². The highest BCUT2D eigenvalue weighted by Crippen LogP contribution is 2.20. The van der Waals surface area contributed by atoms with Crippen LogP contribution >= 0.6 is 0 Å². The Morgan fingerprint density at radius 1 is 1.19 bits per heavy atom. The van der Waals surface area contributed by atoms with Gasteiger partial charge >= 0.3 is 0 Å². The maximum absolute atomic E-state index is 5.46. The van der Waals surface area contributed by atoms with Gasteiger partial charge in [-0.15, -0.1) is 0 Å². The van der Waals surface area contributed by atoms with E-state index in [1.54, 1.807) is 0 Å². The van der Waals surface area contributed by atoms with Crippen molar-refractivity contribution in [3.05, 3.63) is 29.8 Å². The summed E-state index contributed by atoms with van der Waals surface area (Å²) in [5.41, 5.74) is 1.45. The molecule has 0 aromatic heterocycles. The maximum atomic E-state index is 5.46. The Balaban J connectivity index is 2.01. The van der Waals surface area contributed by atoms with Crippen molar-refractivity contribution >= 4 is 0 Å². The van der Waals surface area contributed by atoms with E-state index in [0.717, 1.165) is 12.4 Å². The summed E-state index contributed by atoms with van der Waals surface area (Å²) >= 11 is 0. The molecule has 0 spiro atoms. The highest BCUT2D eigenvalue weighted by molar-refractivity contribution is 5.28. The Labute approximate surface area is 98.0 Å². The van der Waals surface area contributed by atoms with Gasteiger partial charge in [0.15, 0.2) is 0 Å². The first-order valence-electron chi connectivity index (χ1n) is 6.46. The molecule has 2 heteroatoms. The van der Waals surface area contributed by atoms with Gasteiger partial charge in [-0.25, -0.2) is 0 Å². The van der Waals surface area contributed by atoms with Gasteiger partial charge in [0.2, 0.25) is 0 Å². The van der Waals surface area contributed by atoms with Gasteiger partial charge in [0.25, 0.3) is 0 Å². The predicted octanol–water partition coefficient (Wildman–Crippen LogP) is 2.26. The highest BCUT2D eigenvalue weighted by atomic mass is 16.5. The van der Waals surface area contributed by atoms with E-state index in [2.05, 4.69) is 29.6 Å². The average molecular weight is 220 g/mol. The molecule has 1 fully saturated rings. The quantitative estimate of drug-likeness (QED) is 0.830. The molecule has 2 N–H and O–H groups in total. The summed E-state index contributed by atoms with van der Waals surface area (Å²) in [7, 11) is 0. The van der Waals surface area contributed by atoms with Crippen LogP contribution in [-0.2, 0) is 0 Å². The molecule has 2 nitrogen and oxygen atoms in total. The Morgan fingerprint density at radius 2 is 2.00 bits per heavy atom. The molecule has 0 aliphatic carbocycles. The molecule has 1 heterocycles. The fourth-order valence-electron chi connectivity index (χ4n) is 2.40. The minimum Gasteiger partial charge on any atom is -0.494 e. The molecule has 88 valence electrons. The lowest BCUT2D eigenvalue weighted by atomic mass is 10.0. The molecule has 1 aliphatic rings. The van der Waals surface area contributed by atoms with Crippen LogP contribution in [0.3, 0.4) is 0 Å². The molecule has 1 aliphatic heterocycles. The molecule has 1 aromatic carbocycles. The molecular formula is C14H22NO+. The van der Waals surface area contributed by atoms with Crippen LogP contribution in [-0.4, -0.2) is 13.2 Å². The largest absolute Gasteiger partial charge is 0.494 e. The number of quaternary nitrogens is 1. The van der Waals surface area contributed by atoms with Gasteiger partial charge in [0, 0.05) is 12.0 Å². The number of hydrogen-bond donors (Lipinski definition) is 1. The Kier molecular flexibility index (Phi) is 4.23. The lowest BCUT2D eigenvalue weighted by Crippen LogP contribution is -2.84. The van der Waals surface area contributed by atoms with Gasteiger partial charge < -0.3 is 10.1 Å². The number of nitrogens with two attached hydrogens (primary N) is 1. The first-order chi connectivity index (χ1) is 7.90. The van der Waals surface area contributed by atoms with E-state index in [1.807, 2.05) is 6.92 Å². The van der Waals surface area contributed by atoms with Gasteiger partial charge in [-0.1, -0.05) is 0 Å². The molecule has 1 aromatic rings.